The van der Waals surface area contributed by atoms with E-state index in [4.69, 9.17) is 4.42 Å². The Bertz CT molecular complexity index is 941. The Kier molecular flexibility index (Phi) is 4.84. The zero-order valence-corrected chi connectivity index (χ0v) is 14.3. The molecule has 2 aromatic carbocycles. The van der Waals surface area contributed by atoms with Gasteiger partial charge in [0.1, 0.15) is 0 Å². The fourth-order valence-electron chi connectivity index (χ4n) is 2.78. The summed E-state index contributed by atoms with van der Waals surface area (Å²) < 4.78 is 5.15. The highest BCUT2D eigenvalue weighted by molar-refractivity contribution is 6.04. The van der Waals surface area contributed by atoms with Crippen LogP contribution < -0.4 is 15.8 Å². The van der Waals surface area contributed by atoms with E-state index < -0.39 is 11.5 Å². The molecule has 0 aliphatic rings. The number of carbonyl (C=O) groups excluding carboxylic acids is 1. The molecule has 5 heteroatoms. The zero-order chi connectivity index (χ0) is 17.8. The van der Waals surface area contributed by atoms with E-state index in [0.29, 0.717) is 16.5 Å². The molecule has 3 aromatic rings. The van der Waals surface area contributed by atoms with Crippen LogP contribution in [0.1, 0.15) is 24.4 Å². The first-order valence-corrected chi connectivity index (χ1v) is 8.31. The van der Waals surface area contributed by atoms with Crippen molar-refractivity contribution in [3.63, 3.8) is 0 Å². The minimum absolute atomic E-state index is 0.00322. The van der Waals surface area contributed by atoms with Crippen molar-refractivity contribution in [2.45, 2.75) is 13.8 Å². The first kappa shape index (κ1) is 16.8. The van der Waals surface area contributed by atoms with Gasteiger partial charge in [-0.25, -0.2) is 4.79 Å². The van der Waals surface area contributed by atoms with E-state index in [9.17, 15) is 9.59 Å². The fraction of sp³-hybridized carbons (Fsp3) is 0.200. The SMILES string of the molecule is CCN(CC)c1ccc(NC(=O)c2cc3ccccc3c(=O)o2)cc1. The van der Waals surface area contributed by atoms with Gasteiger partial charge in [-0.2, -0.15) is 0 Å². The van der Waals surface area contributed by atoms with Crippen molar-refractivity contribution in [1.82, 2.24) is 0 Å². The average Bonchev–Trinajstić information content (AvgIpc) is 2.64. The highest BCUT2D eigenvalue weighted by Gasteiger charge is 2.12. The van der Waals surface area contributed by atoms with Gasteiger partial charge in [0, 0.05) is 24.5 Å². The molecule has 1 N–H and O–H groups in total. The van der Waals surface area contributed by atoms with E-state index >= 15 is 0 Å². The van der Waals surface area contributed by atoms with Crippen molar-refractivity contribution in [1.29, 1.82) is 0 Å². The van der Waals surface area contributed by atoms with Crippen molar-refractivity contribution in [2.24, 2.45) is 0 Å². The Morgan fingerprint density at radius 2 is 1.72 bits per heavy atom. The van der Waals surface area contributed by atoms with Gasteiger partial charge < -0.3 is 14.6 Å². The van der Waals surface area contributed by atoms with Crippen LogP contribution in [0.3, 0.4) is 0 Å². The standard InChI is InChI=1S/C20H20N2O3/c1-3-22(4-2)16-11-9-15(10-12-16)21-19(23)18-13-14-7-5-6-8-17(14)20(24)25-18/h5-13H,3-4H2,1-2H3,(H,21,23). The Labute approximate surface area is 145 Å². The number of anilines is 2. The fourth-order valence-corrected chi connectivity index (χ4v) is 2.78. The third-order valence-corrected chi connectivity index (χ3v) is 4.15. The van der Waals surface area contributed by atoms with Gasteiger partial charge >= 0.3 is 5.63 Å². The third-order valence-electron chi connectivity index (χ3n) is 4.15. The predicted molar refractivity (Wildman–Crippen MR) is 100 cm³/mol. The van der Waals surface area contributed by atoms with E-state index in [1.165, 1.54) is 0 Å². The predicted octanol–water partition coefficient (Wildman–Crippen LogP) is 3.89. The third kappa shape index (κ3) is 3.55. The molecule has 0 unspecified atom stereocenters. The molecular weight excluding hydrogens is 316 g/mol. The molecule has 0 saturated heterocycles. The molecule has 25 heavy (non-hydrogen) atoms. The number of nitrogens with one attached hydrogen (secondary N) is 1. The summed E-state index contributed by atoms with van der Waals surface area (Å²) in [5.74, 6) is -0.449. The lowest BCUT2D eigenvalue weighted by Crippen LogP contribution is -2.21. The molecule has 0 aliphatic heterocycles. The van der Waals surface area contributed by atoms with Crippen molar-refractivity contribution in [3.8, 4) is 0 Å². The van der Waals surface area contributed by atoms with Gasteiger partial charge in [-0.3, -0.25) is 4.79 Å². The Balaban J connectivity index is 1.81. The molecular formula is C20H20N2O3. The summed E-state index contributed by atoms with van der Waals surface area (Å²) in [4.78, 5) is 26.6. The molecule has 1 heterocycles. The number of benzene rings is 2. The quantitative estimate of drug-likeness (QED) is 0.768. The first-order valence-electron chi connectivity index (χ1n) is 8.31. The number of carbonyl (C=O) groups is 1. The summed E-state index contributed by atoms with van der Waals surface area (Å²) in [5.41, 5.74) is 1.23. The minimum atomic E-state index is -0.514. The lowest BCUT2D eigenvalue weighted by molar-refractivity contribution is 0.0993. The van der Waals surface area contributed by atoms with Gasteiger partial charge in [0.15, 0.2) is 5.76 Å². The number of nitrogens with zero attached hydrogens (tertiary/aromatic N) is 1. The van der Waals surface area contributed by atoms with E-state index in [2.05, 4.69) is 24.1 Å². The summed E-state index contributed by atoms with van der Waals surface area (Å²) >= 11 is 0. The molecule has 3 rings (SSSR count). The largest absolute Gasteiger partial charge is 0.417 e. The second-order valence-corrected chi connectivity index (χ2v) is 5.66. The van der Waals surface area contributed by atoms with Gasteiger partial charge in [0.05, 0.1) is 5.39 Å². The number of rotatable bonds is 5. The average molecular weight is 336 g/mol. The van der Waals surface area contributed by atoms with Crippen LogP contribution in [0.4, 0.5) is 11.4 Å². The second kappa shape index (κ2) is 7.21. The monoisotopic (exact) mass is 336 g/mol. The van der Waals surface area contributed by atoms with Crippen LogP contribution in [0.15, 0.2) is 63.8 Å². The maximum absolute atomic E-state index is 12.4. The van der Waals surface area contributed by atoms with Crippen LogP contribution in [0.5, 0.6) is 0 Å². The van der Waals surface area contributed by atoms with E-state index in [1.54, 1.807) is 24.3 Å². The topological polar surface area (TPSA) is 62.6 Å². The van der Waals surface area contributed by atoms with E-state index in [1.807, 2.05) is 30.3 Å². The van der Waals surface area contributed by atoms with E-state index in [-0.39, 0.29) is 5.76 Å². The number of fused-ring (bicyclic) bond motifs is 1. The van der Waals surface area contributed by atoms with Crippen LogP contribution in [-0.4, -0.2) is 19.0 Å². The smallest absolute Gasteiger partial charge is 0.344 e. The molecule has 1 aromatic heterocycles. The number of hydrogen-bond acceptors (Lipinski definition) is 4. The number of hydrogen-bond donors (Lipinski definition) is 1. The van der Waals surface area contributed by atoms with Crippen LogP contribution in [-0.2, 0) is 0 Å². The molecule has 0 saturated carbocycles. The van der Waals surface area contributed by atoms with Crippen LogP contribution >= 0.6 is 0 Å². The summed E-state index contributed by atoms with van der Waals surface area (Å²) in [6.45, 7) is 6.04. The lowest BCUT2D eigenvalue weighted by atomic mass is 10.1. The summed E-state index contributed by atoms with van der Waals surface area (Å²) in [5, 5.41) is 3.90. The van der Waals surface area contributed by atoms with Crippen LogP contribution in [0.2, 0.25) is 0 Å². The first-order chi connectivity index (χ1) is 12.1. The zero-order valence-electron chi connectivity index (χ0n) is 14.3. The van der Waals surface area contributed by atoms with Gasteiger partial charge in [0.2, 0.25) is 0 Å². The minimum Gasteiger partial charge on any atom is -0.417 e. The maximum atomic E-state index is 12.4. The summed E-state index contributed by atoms with van der Waals surface area (Å²) in [6, 6.07) is 16.2. The van der Waals surface area contributed by atoms with Gasteiger partial charge in [-0.05, 0) is 55.6 Å². The molecule has 0 fully saturated rings. The van der Waals surface area contributed by atoms with Gasteiger partial charge in [-0.1, -0.05) is 18.2 Å². The van der Waals surface area contributed by atoms with Crippen molar-refractivity contribution in [3.05, 3.63) is 70.8 Å². The molecule has 0 radical (unpaired) electrons. The molecule has 0 aliphatic carbocycles. The Morgan fingerprint density at radius 3 is 2.40 bits per heavy atom. The van der Waals surface area contributed by atoms with Crippen molar-refractivity contribution in [2.75, 3.05) is 23.3 Å². The van der Waals surface area contributed by atoms with Crippen LogP contribution in [0, 0.1) is 0 Å². The Morgan fingerprint density at radius 1 is 1.04 bits per heavy atom. The molecule has 0 bridgehead atoms. The van der Waals surface area contributed by atoms with Gasteiger partial charge in [0.25, 0.3) is 5.91 Å². The van der Waals surface area contributed by atoms with Crippen molar-refractivity contribution < 1.29 is 9.21 Å². The highest BCUT2D eigenvalue weighted by atomic mass is 16.4. The maximum Gasteiger partial charge on any atom is 0.344 e. The second-order valence-electron chi connectivity index (χ2n) is 5.66. The summed E-state index contributed by atoms with van der Waals surface area (Å²) in [7, 11) is 0. The molecule has 1 amide bonds. The normalized spacial score (nSPS) is 10.6. The number of amides is 1. The van der Waals surface area contributed by atoms with E-state index in [0.717, 1.165) is 18.8 Å². The highest BCUT2D eigenvalue weighted by Crippen LogP contribution is 2.19. The molecule has 5 nitrogen and oxygen atoms in total. The molecule has 0 spiro atoms. The van der Waals surface area contributed by atoms with Gasteiger partial charge in [-0.15, -0.1) is 0 Å². The molecule has 128 valence electrons. The molecule has 0 atom stereocenters. The lowest BCUT2D eigenvalue weighted by Gasteiger charge is -2.21. The Hall–Kier alpha value is -3.08. The van der Waals surface area contributed by atoms with Crippen LogP contribution in [0.25, 0.3) is 10.8 Å². The van der Waals surface area contributed by atoms with Crippen molar-refractivity contribution >= 4 is 28.1 Å². The summed E-state index contributed by atoms with van der Waals surface area (Å²) in [6.07, 6.45) is 0.